The predicted octanol–water partition coefficient (Wildman–Crippen LogP) is 2.75. The zero-order chi connectivity index (χ0) is 22.9. The van der Waals surface area contributed by atoms with Crippen LogP contribution in [0.3, 0.4) is 0 Å². The number of para-hydroxylation sites is 1. The van der Waals surface area contributed by atoms with Gasteiger partial charge in [-0.1, -0.05) is 23.7 Å². The molecule has 5 rings (SSSR count). The van der Waals surface area contributed by atoms with Gasteiger partial charge in [0.1, 0.15) is 11.3 Å². The van der Waals surface area contributed by atoms with Crippen molar-refractivity contribution in [1.82, 2.24) is 35.1 Å². The molecule has 0 aliphatic carbocycles. The number of aromatic amines is 1. The number of benzene rings is 1. The Hall–Kier alpha value is -3.86. The second-order valence-corrected chi connectivity index (χ2v) is 8.19. The molecule has 2 amide bonds. The molecule has 1 aliphatic rings. The summed E-state index contributed by atoms with van der Waals surface area (Å²) in [6.07, 6.45) is 1.55. The van der Waals surface area contributed by atoms with Gasteiger partial charge < -0.3 is 31.6 Å². The van der Waals surface area contributed by atoms with Crippen LogP contribution in [0.25, 0.3) is 22.1 Å². The van der Waals surface area contributed by atoms with Gasteiger partial charge in [0.15, 0.2) is 11.5 Å². The first kappa shape index (κ1) is 21.0. The number of anilines is 3. The van der Waals surface area contributed by atoms with Gasteiger partial charge in [-0.3, -0.25) is 0 Å². The minimum atomic E-state index is -0.201. The third-order valence-corrected chi connectivity index (χ3v) is 5.87. The monoisotopic (exact) mass is 466 g/mol. The maximum atomic E-state index is 11.8. The Bertz CT molecular complexity index is 1340. The zero-order valence-electron chi connectivity index (χ0n) is 17.9. The molecule has 0 spiro atoms. The van der Waals surface area contributed by atoms with Crippen LogP contribution in [0.5, 0.6) is 0 Å². The smallest absolute Gasteiger partial charge is 0.317 e. The fraction of sp³-hybridized carbons (Fsp3) is 0.286. The van der Waals surface area contributed by atoms with Crippen molar-refractivity contribution in [1.29, 1.82) is 0 Å². The molecule has 4 aromatic rings. The van der Waals surface area contributed by atoms with E-state index in [1.807, 2.05) is 31.2 Å². The highest BCUT2D eigenvalue weighted by Gasteiger charge is 2.20. The van der Waals surface area contributed by atoms with Crippen LogP contribution in [0, 0.1) is 0 Å². The molecule has 6 N–H and O–H groups in total. The van der Waals surface area contributed by atoms with Crippen molar-refractivity contribution < 1.29 is 4.79 Å². The molecule has 12 heteroatoms. The minimum Gasteiger partial charge on any atom is -0.368 e. The normalized spacial score (nSPS) is 14.6. The molecule has 4 heterocycles. The second-order valence-electron chi connectivity index (χ2n) is 7.78. The summed E-state index contributed by atoms with van der Waals surface area (Å²) in [7, 11) is 0. The Morgan fingerprint density at radius 1 is 1.24 bits per heavy atom. The van der Waals surface area contributed by atoms with E-state index in [0.717, 1.165) is 10.9 Å². The highest BCUT2D eigenvalue weighted by molar-refractivity contribution is 6.35. The molecule has 0 saturated carbocycles. The number of amides is 2. The number of halogens is 1. The summed E-state index contributed by atoms with van der Waals surface area (Å²) < 4.78 is 0. The van der Waals surface area contributed by atoms with Crippen LogP contribution in [0.2, 0.25) is 5.02 Å². The van der Waals surface area contributed by atoms with E-state index in [0.29, 0.717) is 59.5 Å². The predicted molar refractivity (Wildman–Crippen MR) is 128 cm³/mol. The summed E-state index contributed by atoms with van der Waals surface area (Å²) in [6, 6.07) is 7.47. The Morgan fingerprint density at radius 2 is 2.12 bits per heavy atom. The molecule has 0 bridgehead atoms. The number of H-pyrrole nitrogens is 1. The zero-order valence-corrected chi connectivity index (χ0v) is 18.6. The number of imidazole rings is 1. The number of aromatic nitrogens is 5. The van der Waals surface area contributed by atoms with E-state index in [4.69, 9.17) is 22.3 Å². The molecule has 1 aromatic carbocycles. The first-order chi connectivity index (χ1) is 16.0. The molecule has 1 saturated heterocycles. The van der Waals surface area contributed by atoms with Crippen LogP contribution >= 0.6 is 11.6 Å². The second kappa shape index (κ2) is 8.58. The van der Waals surface area contributed by atoms with Gasteiger partial charge in [0.25, 0.3) is 0 Å². The number of carbonyl (C=O) groups excluding carboxylic acids is 1. The number of carbonyl (C=O) groups is 1. The SMILES string of the molecule is CC(Nc1nc(N)nc2[nH]cnc12)c1cc2cccc(Cl)c2nc1NCCN1CCNC1=O. The molecule has 1 unspecified atom stereocenters. The molecule has 170 valence electrons. The summed E-state index contributed by atoms with van der Waals surface area (Å²) in [4.78, 5) is 34.2. The van der Waals surface area contributed by atoms with Gasteiger partial charge >= 0.3 is 6.03 Å². The summed E-state index contributed by atoms with van der Waals surface area (Å²) in [5, 5.41) is 11.1. The summed E-state index contributed by atoms with van der Waals surface area (Å²) in [5.74, 6) is 1.35. The molecule has 3 aromatic heterocycles. The number of pyridine rings is 1. The number of nitrogen functional groups attached to an aromatic ring is 1. The van der Waals surface area contributed by atoms with Gasteiger partial charge in [-0.05, 0) is 19.1 Å². The van der Waals surface area contributed by atoms with E-state index in [1.54, 1.807) is 11.2 Å². The van der Waals surface area contributed by atoms with E-state index in [-0.39, 0.29) is 18.0 Å². The number of nitrogens with two attached hydrogens (primary N) is 1. The van der Waals surface area contributed by atoms with Crippen molar-refractivity contribution in [3.63, 3.8) is 0 Å². The summed E-state index contributed by atoms with van der Waals surface area (Å²) >= 11 is 6.41. The van der Waals surface area contributed by atoms with Crippen molar-refractivity contribution in [2.75, 3.05) is 42.5 Å². The first-order valence-electron chi connectivity index (χ1n) is 10.6. The van der Waals surface area contributed by atoms with Crippen LogP contribution in [-0.2, 0) is 0 Å². The van der Waals surface area contributed by atoms with Crippen molar-refractivity contribution in [3.05, 3.63) is 41.2 Å². The number of fused-ring (bicyclic) bond motifs is 2. The van der Waals surface area contributed by atoms with E-state index in [1.165, 1.54) is 0 Å². The van der Waals surface area contributed by atoms with Gasteiger partial charge in [0.05, 0.1) is 22.9 Å². The fourth-order valence-corrected chi connectivity index (χ4v) is 4.14. The van der Waals surface area contributed by atoms with E-state index >= 15 is 0 Å². The van der Waals surface area contributed by atoms with E-state index < -0.39 is 0 Å². The lowest BCUT2D eigenvalue weighted by atomic mass is 10.1. The Balaban J connectivity index is 1.46. The molecule has 11 nitrogen and oxygen atoms in total. The third-order valence-electron chi connectivity index (χ3n) is 5.56. The Kier molecular flexibility index (Phi) is 5.47. The van der Waals surface area contributed by atoms with Crippen molar-refractivity contribution in [3.8, 4) is 0 Å². The van der Waals surface area contributed by atoms with Gasteiger partial charge in [-0.15, -0.1) is 0 Å². The average molecular weight is 467 g/mol. The van der Waals surface area contributed by atoms with Crippen LogP contribution in [0.1, 0.15) is 18.5 Å². The van der Waals surface area contributed by atoms with Crippen LogP contribution < -0.4 is 21.7 Å². The molecular formula is C21H23ClN10O. The van der Waals surface area contributed by atoms with Crippen molar-refractivity contribution in [2.45, 2.75) is 13.0 Å². The highest BCUT2D eigenvalue weighted by atomic mass is 35.5. The maximum Gasteiger partial charge on any atom is 0.317 e. The molecule has 1 aliphatic heterocycles. The summed E-state index contributed by atoms with van der Waals surface area (Å²) in [5.41, 5.74) is 8.65. The number of rotatable bonds is 7. The molecule has 1 atom stereocenters. The fourth-order valence-electron chi connectivity index (χ4n) is 3.92. The molecular weight excluding hydrogens is 444 g/mol. The number of hydrogen-bond acceptors (Lipinski definition) is 8. The Morgan fingerprint density at radius 3 is 2.94 bits per heavy atom. The topological polar surface area (TPSA) is 150 Å². The average Bonchev–Trinajstić information content (AvgIpc) is 3.42. The number of urea groups is 1. The lowest BCUT2D eigenvalue weighted by molar-refractivity contribution is 0.219. The van der Waals surface area contributed by atoms with E-state index in [2.05, 4.69) is 35.9 Å². The Labute approximate surface area is 194 Å². The van der Waals surface area contributed by atoms with Crippen LogP contribution in [0.15, 0.2) is 30.6 Å². The van der Waals surface area contributed by atoms with Gasteiger partial charge in [0.2, 0.25) is 5.95 Å². The standard InChI is InChI=1S/C21H23ClN10O/c1-11(28-19-16-18(27-10-26-16)30-20(23)31-19)13-9-12-3-2-4-14(22)15(12)29-17(13)24-5-7-32-8-6-25-21(32)33/h2-4,9-11H,5-8H2,1H3,(H,24,29)(H,25,33)(H4,23,26,27,28,30,31). The molecule has 33 heavy (non-hydrogen) atoms. The first-order valence-corrected chi connectivity index (χ1v) is 11.0. The molecule has 0 radical (unpaired) electrons. The third kappa shape index (κ3) is 4.14. The highest BCUT2D eigenvalue weighted by Crippen LogP contribution is 2.32. The number of nitrogens with zero attached hydrogens (tertiary/aromatic N) is 5. The largest absolute Gasteiger partial charge is 0.368 e. The van der Waals surface area contributed by atoms with Gasteiger partial charge in [-0.2, -0.15) is 9.97 Å². The van der Waals surface area contributed by atoms with E-state index in [9.17, 15) is 4.79 Å². The minimum absolute atomic E-state index is 0.0501. The summed E-state index contributed by atoms with van der Waals surface area (Å²) in [6.45, 7) is 4.46. The molecule has 1 fully saturated rings. The maximum absolute atomic E-state index is 11.8. The lowest BCUT2D eigenvalue weighted by Crippen LogP contribution is -2.32. The quantitative estimate of drug-likeness (QED) is 0.279. The number of hydrogen-bond donors (Lipinski definition) is 5. The van der Waals surface area contributed by atoms with Gasteiger partial charge in [0, 0.05) is 37.1 Å². The van der Waals surface area contributed by atoms with Crippen LogP contribution in [0.4, 0.5) is 22.4 Å². The number of nitrogens with one attached hydrogen (secondary N) is 4. The van der Waals surface area contributed by atoms with Crippen molar-refractivity contribution >= 4 is 57.3 Å². The van der Waals surface area contributed by atoms with Gasteiger partial charge in [-0.25, -0.2) is 14.8 Å². The lowest BCUT2D eigenvalue weighted by Gasteiger charge is -2.21. The van der Waals surface area contributed by atoms with Crippen LogP contribution in [-0.4, -0.2) is 62.0 Å². The van der Waals surface area contributed by atoms with Crippen molar-refractivity contribution in [2.24, 2.45) is 0 Å².